The predicted molar refractivity (Wildman–Crippen MR) is 79.7 cm³/mol. The molecule has 124 valence electrons. The number of aromatic nitrogens is 1. The molecule has 1 aliphatic heterocycles. The summed E-state index contributed by atoms with van der Waals surface area (Å²) in [4.78, 5) is 40.3. The maximum atomic E-state index is 12.3. The monoisotopic (exact) mass is 321 g/mol. The van der Waals surface area contributed by atoms with Gasteiger partial charge in [0.15, 0.2) is 0 Å². The molecule has 23 heavy (non-hydrogen) atoms. The van der Waals surface area contributed by atoms with Gasteiger partial charge in [-0.25, -0.2) is 14.6 Å². The zero-order valence-corrected chi connectivity index (χ0v) is 13.2. The second kappa shape index (κ2) is 5.86. The molecule has 0 bridgehead atoms. The number of aromatic carboxylic acids is 1. The molecule has 8 heteroatoms. The molecular weight excluding hydrogens is 302 g/mol. The highest BCUT2D eigenvalue weighted by atomic mass is 16.6. The van der Waals surface area contributed by atoms with Crippen LogP contribution < -0.4 is 5.73 Å². The molecule has 1 aliphatic rings. The van der Waals surface area contributed by atoms with Gasteiger partial charge in [0, 0.05) is 12.1 Å². The maximum Gasteiger partial charge on any atom is 0.411 e. The first kappa shape index (κ1) is 16.7. The van der Waals surface area contributed by atoms with Gasteiger partial charge in [0.05, 0.1) is 6.54 Å². The van der Waals surface area contributed by atoms with E-state index in [-0.39, 0.29) is 18.7 Å². The van der Waals surface area contributed by atoms with Crippen molar-refractivity contribution in [2.24, 2.45) is 5.73 Å². The van der Waals surface area contributed by atoms with Crippen LogP contribution in [0.15, 0.2) is 12.1 Å². The van der Waals surface area contributed by atoms with Gasteiger partial charge in [-0.05, 0) is 32.4 Å². The molecule has 0 radical (unpaired) electrons. The Bertz CT molecular complexity index is 666. The van der Waals surface area contributed by atoms with Crippen molar-refractivity contribution in [2.45, 2.75) is 45.4 Å². The second-order valence-corrected chi connectivity index (χ2v) is 6.34. The van der Waals surface area contributed by atoms with Crippen LogP contribution in [0.1, 0.15) is 42.5 Å². The first-order valence-electron chi connectivity index (χ1n) is 7.09. The highest BCUT2D eigenvalue weighted by Crippen LogP contribution is 2.24. The van der Waals surface area contributed by atoms with E-state index in [0.29, 0.717) is 11.3 Å². The number of primary amides is 1. The number of amides is 2. The van der Waals surface area contributed by atoms with Crippen LogP contribution in [0.4, 0.5) is 4.79 Å². The number of pyridine rings is 1. The first-order chi connectivity index (χ1) is 10.6. The summed E-state index contributed by atoms with van der Waals surface area (Å²) in [7, 11) is 0. The van der Waals surface area contributed by atoms with Crippen molar-refractivity contribution >= 4 is 18.0 Å². The lowest BCUT2D eigenvalue weighted by atomic mass is 9.98. The molecule has 1 atom stereocenters. The summed E-state index contributed by atoms with van der Waals surface area (Å²) in [6.07, 6.45) is -0.584. The fourth-order valence-electron chi connectivity index (χ4n) is 2.32. The van der Waals surface area contributed by atoms with Crippen LogP contribution in [0.2, 0.25) is 0 Å². The van der Waals surface area contributed by atoms with Crippen molar-refractivity contribution < 1.29 is 24.2 Å². The van der Waals surface area contributed by atoms with Crippen LogP contribution in [0.5, 0.6) is 0 Å². The van der Waals surface area contributed by atoms with Gasteiger partial charge >= 0.3 is 12.1 Å². The molecule has 1 aromatic rings. The number of carboxylic acid groups (broad SMARTS) is 1. The Morgan fingerprint density at radius 1 is 1.35 bits per heavy atom. The van der Waals surface area contributed by atoms with Gasteiger partial charge in [0.25, 0.3) is 0 Å². The molecule has 0 aliphatic carbocycles. The lowest BCUT2D eigenvalue weighted by molar-refractivity contribution is -0.123. The quantitative estimate of drug-likeness (QED) is 0.835. The maximum absolute atomic E-state index is 12.3. The van der Waals surface area contributed by atoms with Crippen LogP contribution in [0.25, 0.3) is 0 Å². The number of hydrogen-bond donors (Lipinski definition) is 2. The lowest BCUT2D eigenvalue weighted by Crippen LogP contribution is -2.52. The van der Waals surface area contributed by atoms with E-state index < -0.39 is 29.6 Å². The zero-order valence-electron chi connectivity index (χ0n) is 13.2. The van der Waals surface area contributed by atoms with E-state index in [0.717, 1.165) is 0 Å². The van der Waals surface area contributed by atoms with Crippen molar-refractivity contribution in [3.8, 4) is 0 Å². The SMILES string of the molecule is CC(C)(C)OC(=O)N1Cc2ccc(C(=O)O)nc2CC1C(N)=O. The Balaban J connectivity index is 2.33. The van der Waals surface area contributed by atoms with Crippen molar-refractivity contribution in [3.63, 3.8) is 0 Å². The Morgan fingerprint density at radius 3 is 2.52 bits per heavy atom. The zero-order chi connectivity index (χ0) is 17.4. The summed E-state index contributed by atoms with van der Waals surface area (Å²) in [5.74, 6) is -1.85. The summed E-state index contributed by atoms with van der Waals surface area (Å²) in [5, 5.41) is 8.99. The van der Waals surface area contributed by atoms with Crippen molar-refractivity contribution in [1.82, 2.24) is 9.88 Å². The highest BCUT2D eigenvalue weighted by molar-refractivity contribution is 5.86. The van der Waals surface area contributed by atoms with Gasteiger partial charge in [-0.1, -0.05) is 6.07 Å². The smallest absolute Gasteiger partial charge is 0.411 e. The summed E-state index contributed by atoms with van der Waals surface area (Å²) >= 11 is 0. The molecule has 8 nitrogen and oxygen atoms in total. The van der Waals surface area contributed by atoms with E-state index in [9.17, 15) is 14.4 Å². The van der Waals surface area contributed by atoms with Gasteiger partial charge in [-0.15, -0.1) is 0 Å². The standard InChI is InChI=1S/C15H19N3O5/c1-15(2,3)23-14(22)18-7-8-4-5-9(13(20)21)17-10(8)6-11(18)12(16)19/h4-5,11H,6-7H2,1-3H3,(H2,16,19)(H,20,21). The van der Waals surface area contributed by atoms with Gasteiger partial charge in [-0.2, -0.15) is 0 Å². The van der Waals surface area contributed by atoms with Crippen LogP contribution in [0.3, 0.4) is 0 Å². The van der Waals surface area contributed by atoms with Crippen LogP contribution >= 0.6 is 0 Å². The third kappa shape index (κ3) is 3.77. The Kier molecular flexibility index (Phi) is 4.26. The van der Waals surface area contributed by atoms with Crippen LogP contribution in [-0.2, 0) is 22.5 Å². The third-order valence-corrected chi connectivity index (χ3v) is 3.35. The molecule has 3 N–H and O–H groups in total. The average molecular weight is 321 g/mol. The Hall–Kier alpha value is -2.64. The average Bonchev–Trinajstić information content (AvgIpc) is 2.43. The summed E-state index contributed by atoms with van der Waals surface area (Å²) in [6.45, 7) is 5.26. The highest BCUT2D eigenvalue weighted by Gasteiger charge is 2.36. The van der Waals surface area contributed by atoms with E-state index in [4.69, 9.17) is 15.6 Å². The first-order valence-corrected chi connectivity index (χ1v) is 7.09. The third-order valence-electron chi connectivity index (χ3n) is 3.35. The molecule has 2 rings (SSSR count). The minimum atomic E-state index is -1.15. The fraction of sp³-hybridized carbons (Fsp3) is 0.467. The van der Waals surface area contributed by atoms with Gasteiger partial charge < -0.3 is 15.6 Å². The van der Waals surface area contributed by atoms with Crippen molar-refractivity contribution in [2.75, 3.05) is 0 Å². The second-order valence-electron chi connectivity index (χ2n) is 6.34. The van der Waals surface area contributed by atoms with E-state index in [1.54, 1.807) is 26.8 Å². The van der Waals surface area contributed by atoms with E-state index in [2.05, 4.69) is 4.98 Å². The number of carbonyl (C=O) groups is 3. The minimum absolute atomic E-state index is 0.0605. The number of rotatable bonds is 2. The summed E-state index contributed by atoms with van der Waals surface area (Å²) < 4.78 is 5.30. The van der Waals surface area contributed by atoms with Crippen LogP contribution in [-0.4, -0.2) is 44.6 Å². The summed E-state index contributed by atoms with van der Waals surface area (Å²) in [5.41, 5.74) is 5.68. The van der Waals surface area contributed by atoms with Gasteiger partial charge in [0.1, 0.15) is 17.3 Å². The number of carbonyl (C=O) groups excluding carboxylic acids is 2. The van der Waals surface area contributed by atoms with Gasteiger partial charge in [-0.3, -0.25) is 9.69 Å². The molecule has 0 aromatic carbocycles. The molecule has 1 unspecified atom stereocenters. The molecule has 0 fully saturated rings. The van der Waals surface area contributed by atoms with E-state index in [1.165, 1.54) is 11.0 Å². The molecule has 0 saturated heterocycles. The number of ether oxygens (including phenoxy) is 1. The largest absolute Gasteiger partial charge is 0.477 e. The van der Waals surface area contributed by atoms with E-state index in [1.807, 2.05) is 0 Å². The number of nitrogens with two attached hydrogens (primary N) is 1. The molecule has 2 heterocycles. The topological polar surface area (TPSA) is 123 Å². The molecule has 1 aromatic heterocycles. The fourth-order valence-corrected chi connectivity index (χ4v) is 2.32. The van der Waals surface area contributed by atoms with Crippen LogP contribution in [0, 0.1) is 0 Å². The Morgan fingerprint density at radius 2 is 2.00 bits per heavy atom. The number of hydrogen-bond acceptors (Lipinski definition) is 5. The molecule has 0 spiro atoms. The molecule has 0 saturated carbocycles. The van der Waals surface area contributed by atoms with E-state index >= 15 is 0 Å². The normalized spacial score (nSPS) is 17.3. The minimum Gasteiger partial charge on any atom is -0.477 e. The van der Waals surface area contributed by atoms with Crippen molar-refractivity contribution in [1.29, 1.82) is 0 Å². The summed E-state index contributed by atoms with van der Waals surface area (Å²) in [6, 6.07) is 2.02. The Labute approximate surface area is 133 Å². The molecule has 2 amide bonds. The number of nitrogens with zero attached hydrogens (tertiary/aromatic N) is 2. The van der Waals surface area contributed by atoms with Gasteiger partial charge in [0.2, 0.25) is 5.91 Å². The van der Waals surface area contributed by atoms with Crippen molar-refractivity contribution in [3.05, 3.63) is 29.1 Å². The predicted octanol–water partition coefficient (Wildman–Crippen LogP) is 0.927. The lowest BCUT2D eigenvalue weighted by Gasteiger charge is -2.35. The number of carboxylic acids is 1. The molecular formula is C15H19N3O5. The number of fused-ring (bicyclic) bond motifs is 1.